The molecule has 0 unspecified atom stereocenters. The minimum atomic E-state index is -0.777. The van der Waals surface area contributed by atoms with Crippen LogP contribution in [0.3, 0.4) is 0 Å². The molecule has 0 radical (unpaired) electrons. The Morgan fingerprint density at radius 1 is 1.07 bits per heavy atom. The number of rotatable bonds is 10. The van der Waals surface area contributed by atoms with Crippen LogP contribution in [0.4, 0.5) is 0 Å². The SMILES string of the molecule is COC(=O)[C@@H](CCSC)NC(=O)[C@@H](NC(=O)c1ccc(OC)cc1)C(C)C. The topological polar surface area (TPSA) is 93.7 Å². The van der Waals surface area contributed by atoms with Gasteiger partial charge in [0.2, 0.25) is 5.91 Å². The molecule has 2 atom stereocenters. The first kappa shape index (κ1) is 22.8. The van der Waals surface area contributed by atoms with E-state index in [4.69, 9.17) is 9.47 Å². The summed E-state index contributed by atoms with van der Waals surface area (Å²) in [7, 11) is 2.83. The van der Waals surface area contributed by atoms with Crippen LogP contribution in [0.5, 0.6) is 5.75 Å². The van der Waals surface area contributed by atoms with Crippen molar-refractivity contribution in [3.05, 3.63) is 29.8 Å². The second-order valence-corrected chi connectivity index (χ2v) is 7.28. The lowest BCUT2D eigenvalue weighted by atomic mass is 10.0. The molecular formula is C19H28N2O5S. The highest BCUT2D eigenvalue weighted by atomic mass is 32.2. The van der Waals surface area contributed by atoms with Crippen LogP contribution >= 0.6 is 11.8 Å². The average molecular weight is 397 g/mol. The summed E-state index contributed by atoms with van der Waals surface area (Å²) in [6, 6.07) is 5.08. The lowest BCUT2D eigenvalue weighted by Gasteiger charge is -2.24. The van der Waals surface area contributed by atoms with E-state index in [0.29, 0.717) is 23.5 Å². The van der Waals surface area contributed by atoms with Crippen LogP contribution in [0.25, 0.3) is 0 Å². The Morgan fingerprint density at radius 2 is 1.70 bits per heavy atom. The fourth-order valence-electron chi connectivity index (χ4n) is 2.39. The number of hydrogen-bond donors (Lipinski definition) is 2. The van der Waals surface area contributed by atoms with Crippen molar-refractivity contribution < 1.29 is 23.9 Å². The van der Waals surface area contributed by atoms with Crippen LogP contribution in [0.15, 0.2) is 24.3 Å². The zero-order valence-corrected chi connectivity index (χ0v) is 17.2. The van der Waals surface area contributed by atoms with Crippen molar-refractivity contribution in [3.63, 3.8) is 0 Å². The van der Waals surface area contributed by atoms with E-state index >= 15 is 0 Å². The quantitative estimate of drug-likeness (QED) is 0.587. The van der Waals surface area contributed by atoms with Gasteiger partial charge in [-0.3, -0.25) is 9.59 Å². The zero-order valence-electron chi connectivity index (χ0n) is 16.4. The molecule has 0 fully saturated rings. The fourth-order valence-corrected chi connectivity index (χ4v) is 2.86. The predicted octanol–water partition coefficient (Wildman–Crippen LogP) is 1.86. The fraction of sp³-hybridized carbons (Fsp3) is 0.526. The van der Waals surface area contributed by atoms with Gasteiger partial charge in [-0.15, -0.1) is 0 Å². The number of hydrogen-bond acceptors (Lipinski definition) is 6. The number of methoxy groups -OCH3 is 2. The van der Waals surface area contributed by atoms with E-state index in [9.17, 15) is 14.4 Å². The second kappa shape index (κ2) is 11.5. The van der Waals surface area contributed by atoms with E-state index in [0.717, 1.165) is 0 Å². The van der Waals surface area contributed by atoms with Crippen LogP contribution in [0, 0.1) is 5.92 Å². The molecule has 27 heavy (non-hydrogen) atoms. The van der Waals surface area contributed by atoms with E-state index in [1.807, 2.05) is 20.1 Å². The summed E-state index contributed by atoms with van der Waals surface area (Å²) in [5, 5.41) is 5.44. The molecule has 1 aromatic carbocycles. The van der Waals surface area contributed by atoms with Crippen molar-refractivity contribution in [2.75, 3.05) is 26.2 Å². The van der Waals surface area contributed by atoms with Gasteiger partial charge in [0.05, 0.1) is 14.2 Å². The summed E-state index contributed by atoms with van der Waals surface area (Å²) >= 11 is 1.57. The smallest absolute Gasteiger partial charge is 0.328 e. The summed E-state index contributed by atoms with van der Waals surface area (Å²) in [6.45, 7) is 3.65. The van der Waals surface area contributed by atoms with E-state index in [1.165, 1.54) is 7.11 Å². The molecule has 0 aliphatic carbocycles. The average Bonchev–Trinajstić information content (AvgIpc) is 2.67. The number of carbonyl (C=O) groups is 3. The maximum absolute atomic E-state index is 12.7. The van der Waals surface area contributed by atoms with Gasteiger partial charge >= 0.3 is 5.97 Å². The van der Waals surface area contributed by atoms with Gasteiger partial charge in [-0.1, -0.05) is 13.8 Å². The zero-order chi connectivity index (χ0) is 20.4. The molecule has 0 saturated heterocycles. The van der Waals surface area contributed by atoms with E-state index in [-0.39, 0.29) is 11.8 Å². The summed E-state index contributed by atoms with van der Waals surface area (Å²) in [5.74, 6) is -0.106. The van der Waals surface area contributed by atoms with Gasteiger partial charge in [0.15, 0.2) is 0 Å². The van der Waals surface area contributed by atoms with Crippen molar-refractivity contribution in [3.8, 4) is 5.75 Å². The van der Waals surface area contributed by atoms with Crippen molar-refractivity contribution in [2.45, 2.75) is 32.4 Å². The number of amides is 2. The van der Waals surface area contributed by atoms with Crippen molar-refractivity contribution in [1.82, 2.24) is 10.6 Å². The molecule has 0 heterocycles. The molecular weight excluding hydrogens is 368 g/mol. The molecule has 0 aliphatic rings. The standard InChI is InChI=1S/C19H28N2O5S/c1-12(2)16(18(23)20-15(10-11-27-5)19(24)26-4)21-17(22)13-6-8-14(25-3)9-7-13/h6-9,12,15-16H,10-11H2,1-5H3,(H,20,23)(H,21,22)/t15-,16+/m1/s1. The van der Waals surface area contributed by atoms with Gasteiger partial charge in [0.25, 0.3) is 5.91 Å². The molecule has 2 N–H and O–H groups in total. The van der Waals surface area contributed by atoms with Crippen molar-refractivity contribution >= 4 is 29.5 Å². The second-order valence-electron chi connectivity index (χ2n) is 6.29. The molecule has 0 bridgehead atoms. The molecule has 1 aromatic rings. The molecule has 0 spiro atoms. The number of ether oxygens (including phenoxy) is 2. The van der Waals surface area contributed by atoms with Crippen LogP contribution in [0.2, 0.25) is 0 Å². The maximum atomic E-state index is 12.7. The summed E-state index contributed by atoms with van der Waals surface area (Å²) in [5.41, 5.74) is 0.418. The van der Waals surface area contributed by atoms with Gasteiger partial charge in [-0.25, -0.2) is 4.79 Å². The molecule has 150 valence electrons. The number of nitrogens with one attached hydrogen (secondary N) is 2. The first-order chi connectivity index (χ1) is 12.8. The van der Waals surface area contributed by atoms with E-state index in [2.05, 4.69) is 10.6 Å². The highest BCUT2D eigenvalue weighted by Gasteiger charge is 2.29. The Labute approximate surface area is 164 Å². The highest BCUT2D eigenvalue weighted by Crippen LogP contribution is 2.12. The number of thioether (sulfide) groups is 1. The van der Waals surface area contributed by atoms with Gasteiger partial charge < -0.3 is 20.1 Å². The third-order valence-electron chi connectivity index (χ3n) is 4.00. The largest absolute Gasteiger partial charge is 0.497 e. The lowest BCUT2D eigenvalue weighted by molar-refractivity contribution is -0.145. The summed E-state index contributed by atoms with van der Waals surface area (Å²) in [6.07, 6.45) is 2.37. The first-order valence-electron chi connectivity index (χ1n) is 8.66. The van der Waals surface area contributed by atoms with Gasteiger partial charge in [0, 0.05) is 5.56 Å². The summed E-state index contributed by atoms with van der Waals surface area (Å²) < 4.78 is 9.83. The normalized spacial score (nSPS) is 12.8. The Bertz CT molecular complexity index is 633. The highest BCUT2D eigenvalue weighted by molar-refractivity contribution is 7.98. The molecule has 0 aromatic heterocycles. The minimum absolute atomic E-state index is 0.161. The number of benzene rings is 1. The van der Waals surface area contributed by atoms with Gasteiger partial charge in [-0.05, 0) is 48.6 Å². The van der Waals surface area contributed by atoms with Crippen LogP contribution < -0.4 is 15.4 Å². The van der Waals surface area contributed by atoms with Crippen LogP contribution in [-0.2, 0) is 14.3 Å². The first-order valence-corrected chi connectivity index (χ1v) is 10.1. The lowest BCUT2D eigenvalue weighted by Crippen LogP contribution is -2.54. The van der Waals surface area contributed by atoms with Gasteiger partial charge in [-0.2, -0.15) is 11.8 Å². The van der Waals surface area contributed by atoms with Crippen LogP contribution in [0.1, 0.15) is 30.6 Å². The third-order valence-corrected chi connectivity index (χ3v) is 4.64. The van der Waals surface area contributed by atoms with Crippen LogP contribution in [-0.4, -0.2) is 56.1 Å². The molecule has 8 heteroatoms. The Morgan fingerprint density at radius 3 is 2.19 bits per heavy atom. The Balaban J connectivity index is 2.84. The minimum Gasteiger partial charge on any atom is -0.497 e. The molecule has 7 nitrogen and oxygen atoms in total. The third kappa shape index (κ3) is 7.13. The summed E-state index contributed by atoms with van der Waals surface area (Å²) in [4.78, 5) is 37.1. The van der Waals surface area contributed by atoms with Crippen molar-refractivity contribution in [1.29, 1.82) is 0 Å². The monoisotopic (exact) mass is 396 g/mol. The van der Waals surface area contributed by atoms with E-state index in [1.54, 1.807) is 43.1 Å². The van der Waals surface area contributed by atoms with E-state index < -0.39 is 24.0 Å². The number of esters is 1. The Kier molecular flexibility index (Phi) is 9.71. The van der Waals surface area contributed by atoms with Crippen molar-refractivity contribution in [2.24, 2.45) is 5.92 Å². The van der Waals surface area contributed by atoms with Gasteiger partial charge in [0.1, 0.15) is 17.8 Å². The molecule has 2 amide bonds. The molecule has 1 rings (SSSR count). The predicted molar refractivity (Wildman–Crippen MR) is 106 cm³/mol. The number of carbonyl (C=O) groups excluding carboxylic acids is 3. The molecule has 0 aliphatic heterocycles. The maximum Gasteiger partial charge on any atom is 0.328 e. The Hall–Kier alpha value is -2.22. The molecule has 0 saturated carbocycles.